The van der Waals surface area contributed by atoms with Crippen molar-refractivity contribution in [2.75, 3.05) is 37.6 Å². The lowest BCUT2D eigenvalue weighted by Crippen LogP contribution is -2.29. The summed E-state index contributed by atoms with van der Waals surface area (Å²) < 4.78 is 0. The fourth-order valence-electron chi connectivity index (χ4n) is 2.72. The third kappa shape index (κ3) is 4.41. The Morgan fingerprint density at radius 2 is 1.86 bits per heavy atom. The van der Waals surface area contributed by atoms with E-state index in [1.54, 1.807) is 0 Å². The zero-order chi connectivity index (χ0) is 15.2. The van der Waals surface area contributed by atoms with Crippen LogP contribution in [-0.4, -0.2) is 42.6 Å². The zero-order valence-corrected chi connectivity index (χ0v) is 14.6. The molecular formula is C16H30N4S. The molecule has 21 heavy (non-hydrogen) atoms. The van der Waals surface area contributed by atoms with Crippen LogP contribution in [0, 0.1) is 0 Å². The van der Waals surface area contributed by atoms with Crippen LogP contribution in [0.15, 0.2) is 0 Å². The SMILES string of the molecule is CCN(CC)CCCN(CC)c1nc(C2CC2)c(CN)s1. The van der Waals surface area contributed by atoms with Crippen molar-refractivity contribution in [1.29, 1.82) is 0 Å². The van der Waals surface area contributed by atoms with Crippen molar-refractivity contribution in [3.05, 3.63) is 10.6 Å². The van der Waals surface area contributed by atoms with Crippen LogP contribution in [0.5, 0.6) is 0 Å². The van der Waals surface area contributed by atoms with E-state index in [0.717, 1.165) is 26.2 Å². The molecule has 120 valence electrons. The van der Waals surface area contributed by atoms with Gasteiger partial charge in [-0.3, -0.25) is 0 Å². The quantitative estimate of drug-likeness (QED) is 0.721. The van der Waals surface area contributed by atoms with Gasteiger partial charge in [-0.15, -0.1) is 11.3 Å². The molecular weight excluding hydrogens is 280 g/mol. The molecule has 1 aliphatic carbocycles. The van der Waals surface area contributed by atoms with Gasteiger partial charge in [-0.1, -0.05) is 13.8 Å². The Morgan fingerprint density at radius 3 is 2.38 bits per heavy atom. The fourth-order valence-corrected chi connectivity index (χ4v) is 3.84. The number of hydrogen-bond acceptors (Lipinski definition) is 5. The number of aromatic nitrogens is 1. The normalized spacial score (nSPS) is 14.9. The molecule has 0 unspecified atom stereocenters. The van der Waals surface area contributed by atoms with Crippen LogP contribution in [0.25, 0.3) is 0 Å². The summed E-state index contributed by atoms with van der Waals surface area (Å²) in [5.74, 6) is 0.697. The van der Waals surface area contributed by atoms with Crippen LogP contribution < -0.4 is 10.6 Å². The van der Waals surface area contributed by atoms with E-state index < -0.39 is 0 Å². The van der Waals surface area contributed by atoms with Crippen LogP contribution in [0.1, 0.15) is 56.5 Å². The van der Waals surface area contributed by atoms with Crippen LogP contribution in [0.4, 0.5) is 5.13 Å². The molecule has 0 spiro atoms. The van der Waals surface area contributed by atoms with Crippen molar-refractivity contribution in [1.82, 2.24) is 9.88 Å². The van der Waals surface area contributed by atoms with Gasteiger partial charge in [0.1, 0.15) is 0 Å². The minimum atomic E-state index is 0.639. The first kappa shape index (κ1) is 16.7. The number of rotatable bonds is 10. The molecule has 1 saturated carbocycles. The van der Waals surface area contributed by atoms with Crippen LogP contribution in [0.2, 0.25) is 0 Å². The average Bonchev–Trinajstić information content (AvgIpc) is 3.27. The van der Waals surface area contributed by atoms with Gasteiger partial charge in [0.05, 0.1) is 5.69 Å². The summed E-state index contributed by atoms with van der Waals surface area (Å²) in [6.07, 6.45) is 3.79. The van der Waals surface area contributed by atoms with E-state index in [9.17, 15) is 0 Å². The maximum Gasteiger partial charge on any atom is 0.185 e. The number of nitrogens with two attached hydrogens (primary N) is 1. The van der Waals surface area contributed by atoms with E-state index in [2.05, 4.69) is 30.6 Å². The highest BCUT2D eigenvalue weighted by atomic mass is 32.1. The summed E-state index contributed by atoms with van der Waals surface area (Å²) >= 11 is 1.81. The first-order valence-corrected chi connectivity index (χ1v) is 9.21. The van der Waals surface area contributed by atoms with Crippen LogP contribution in [-0.2, 0) is 6.54 Å². The maximum absolute atomic E-state index is 5.89. The van der Waals surface area contributed by atoms with Crippen molar-refractivity contribution >= 4 is 16.5 Å². The summed E-state index contributed by atoms with van der Waals surface area (Å²) in [7, 11) is 0. The Kier molecular flexibility index (Phi) is 6.45. The Labute approximate surface area is 133 Å². The Morgan fingerprint density at radius 1 is 1.14 bits per heavy atom. The minimum Gasteiger partial charge on any atom is -0.348 e. The van der Waals surface area contributed by atoms with Crippen molar-refractivity contribution in [2.24, 2.45) is 5.73 Å². The smallest absolute Gasteiger partial charge is 0.185 e. The molecule has 0 amide bonds. The van der Waals surface area contributed by atoms with Gasteiger partial charge >= 0.3 is 0 Å². The average molecular weight is 311 g/mol. The molecule has 0 radical (unpaired) electrons. The highest BCUT2D eigenvalue weighted by Gasteiger charge is 2.29. The highest BCUT2D eigenvalue weighted by Crippen LogP contribution is 2.44. The topological polar surface area (TPSA) is 45.4 Å². The van der Waals surface area contributed by atoms with E-state index in [1.165, 1.54) is 41.5 Å². The molecule has 0 bridgehead atoms. The first-order valence-electron chi connectivity index (χ1n) is 8.40. The molecule has 0 saturated heterocycles. The fraction of sp³-hybridized carbons (Fsp3) is 0.812. The van der Waals surface area contributed by atoms with Crippen molar-refractivity contribution in [3.63, 3.8) is 0 Å². The van der Waals surface area contributed by atoms with Gasteiger partial charge in [0.15, 0.2) is 5.13 Å². The van der Waals surface area contributed by atoms with Gasteiger partial charge in [0, 0.05) is 30.4 Å². The number of nitrogens with zero attached hydrogens (tertiary/aromatic N) is 3. The second-order valence-electron chi connectivity index (χ2n) is 5.74. The summed E-state index contributed by atoms with van der Waals surface area (Å²) in [6, 6.07) is 0. The minimum absolute atomic E-state index is 0.639. The van der Waals surface area contributed by atoms with Crippen molar-refractivity contribution in [3.8, 4) is 0 Å². The summed E-state index contributed by atoms with van der Waals surface area (Å²) in [5.41, 5.74) is 7.18. The van der Waals surface area contributed by atoms with E-state index in [-0.39, 0.29) is 0 Å². The summed E-state index contributed by atoms with van der Waals surface area (Å²) in [4.78, 5) is 11.1. The van der Waals surface area contributed by atoms with Gasteiger partial charge in [-0.2, -0.15) is 0 Å². The van der Waals surface area contributed by atoms with Gasteiger partial charge in [0.25, 0.3) is 0 Å². The van der Waals surface area contributed by atoms with Gasteiger partial charge < -0.3 is 15.5 Å². The summed E-state index contributed by atoms with van der Waals surface area (Å²) in [5, 5.41) is 1.18. The Bertz CT molecular complexity index is 424. The van der Waals surface area contributed by atoms with Crippen molar-refractivity contribution < 1.29 is 0 Å². The molecule has 1 aromatic rings. The lowest BCUT2D eigenvalue weighted by molar-refractivity contribution is 0.300. The second-order valence-corrected chi connectivity index (χ2v) is 6.81. The van der Waals surface area contributed by atoms with Crippen LogP contribution >= 0.6 is 11.3 Å². The molecule has 1 aliphatic rings. The van der Waals surface area contributed by atoms with Gasteiger partial charge in [-0.05, 0) is 45.8 Å². The van der Waals surface area contributed by atoms with Crippen molar-refractivity contribution in [2.45, 2.75) is 52.5 Å². The number of hydrogen-bond donors (Lipinski definition) is 1. The third-order valence-corrected chi connectivity index (χ3v) is 5.47. The maximum atomic E-state index is 5.89. The third-order valence-electron chi connectivity index (χ3n) is 4.31. The van der Waals surface area contributed by atoms with E-state index in [4.69, 9.17) is 10.7 Å². The molecule has 1 aromatic heterocycles. The molecule has 0 aliphatic heterocycles. The number of thiazole rings is 1. The van der Waals surface area contributed by atoms with Crippen LogP contribution in [0.3, 0.4) is 0 Å². The van der Waals surface area contributed by atoms with E-state index in [0.29, 0.717) is 12.5 Å². The lowest BCUT2D eigenvalue weighted by atomic mass is 10.2. The van der Waals surface area contributed by atoms with Gasteiger partial charge in [0.2, 0.25) is 0 Å². The number of anilines is 1. The monoisotopic (exact) mass is 310 g/mol. The van der Waals surface area contributed by atoms with E-state index >= 15 is 0 Å². The predicted octanol–water partition coefficient (Wildman–Crippen LogP) is 3.04. The van der Waals surface area contributed by atoms with E-state index in [1.807, 2.05) is 11.3 Å². The molecule has 1 heterocycles. The zero-order valence-electron chi connectivity index (χ0n) is 13.8. The molecule has 1 fully saturated rings. The Hall–Kier alpha value is -0.650. The first-order chi connectivity index (χ1) is 10.2. The highest BCUT2D eigenvalue weighted by molar-refractivity contribution is 7.15. The molecule has 2 N–H and O–H groups in total. The Balaban J connectivity index is 1.94. The summed E-state index contributed by atoms with van der Waals surface area (Å²) in [6.45, 7) is 12.9. The largest absolute Gasteiger partial charge is 0.348 e. The lowest BCUT2D eigenvalue weighted by Gasteiger charge is -2.23. The molecule has 0 atom stereocenters. The molecule has 2 rings (SSSR count). The second kappa shape index (κ2) is 8.11. The standard InChI is InChI=1S/C16H30N4S/c1-4-19(5-2)10-7-11-20(6-3)16-18-15(13-8-9-13)14(12-17)21-16/h13H,4-12,17H2,1-3H3. The molecule has 4 nitrogen and oxygen atoms in total. The predicted molar refractivity (Wildman–Crippen MR) is 92.3 cm³/mol. The van der Waals surface area contributed by atoms with Gasteiger partial charge in [-0.25, -0.2) is 4.98 Å². The molecule has 5 heteroatoms. The molecule has 0 aromatic carbocycles.